The smallest absolute Gasteiger partial charge is 0.308 e. The van der Waals surface area contributed by atoms with E-state index >= 15 is 0 Å². The first-order valence-corrected chi connectivity index (χ1v) is 8.52. The molecule has 0 fully saturated rings. The third-order valence-corrected chi connectivity index (χ3v) is 4.80. The zero-order valence-corrected chi connectivity index (χ0v) is 16.1. The summed E-state index contributed by atoms with van der Waals surface area (Å²) in [4.78, 5) is 0. The van der Waals surface area contributed by atoms with Crippen LogP contribution in [0.3, 0.4) is 0 Å². The molecule has 0 aliphatic heterocycles. The number of fused-ring (bicyclic) bond motifs is 2. The van der Waals surface area contributed by atoms with Crippen molar-refractivity contribution in [2.75, 3.05) is 0 Å². The summed E-state index contributed by atoms with van der Waals surface area (Å²) in [5, 5.41) is 35.6. The maximum Gasteiger partial charge on any atom is 0.433 e. The predicted octanol–water partition coefficient (Wildman–Crippen LogP) is 3.24. The lowest BCUT2D eigenvalue weighted by Gasteiger charge is -2.18. The van der Waals surface area contributed by atoms with Crippen molar-refractivity contribution in [3.8, 4) is 24.3 Å². The molecule has 0 saturated carbocycles. The van der Waals surface area contributed by atoms with Gasteiger partial charge in [-0.2, -0.15) is 47.4 Å². The van der Waals surface area contributed by atoms with Crippen molar-refractivity contribution >= 4 is 22.2 Å². The molecule has 12 heteroatoms. The van der Waals surface area contributed by atoms with Crippen LogP contribution in [0.5, 0.6) is 0 Å². The van der Waals surface area contributed by atoms with Crippen LogP contribution in [0.25, 0.3) is 22.2 Å². The van der Waals surface area contributed by atoms with Gasteiger partial charge in [-0.1, -0.05) is 0 Å². The third kappa shape index (κ3) is 3.02. The first kappa shape index (κ1) is 22.3. The Balaban J connectivity index is 3.03. The lowest BCUT2D eigenvalue weighted by atomic mass is 10.1. The summed E-state index contributed by atoms with van der Waals surface area (Å²) in [6.45, 7) is 2.34. The van der Waals surface area contributed by atoms with Gasteiger partial charge in [0.15, 0.2) is 11.4 Å². The van der Waals surface area contributed by atoms with Crippen molar-refractivity contribution < 1.29 is 26.3 Å². The van der Waals surface area contributed by atoms with Crippen LogP contribution in [0.1, 0.15) is 22.5 Å². The van der Waals surface area contributed by atoms with Crippen molar-refractivity contribution in [2.24, 2.45) is 0 Å². The molecular weight excluding hydrogens is 438 g/mol. The van der Waals surface area contributed by atoms with Crippen LogP contribution in [0.4, 0.5) is 26.3 Å². The fraction of sp³-hybridized carbons (Fsp3) is 0.200. The molecule has 0 amide bonds. The van der Waals surface area contributed by atoms with Crippen molar-refractivity contribution in [1.82, 2.24) is 8.80 Å². The Morgan fingerprint density at radius 2 is 0.938 bits per heavy atom. The van der Waals surface area contributed by atoms with Crippen LogP contribution in [0.2, 0.25) is 0 Å². The van der Waals surface area contributed by atoms with E-state index < -0.39 is 56.4 Å². The minimum atomic E-state index is -5.23. The lowest BCUT2D eigenvalue weighted by molar-refractivity contribution is -0.145. The average molecular weight is 446 g/mol. The van der Waals surface area contributed by atoms with E-state index in [0.29, 0.717) is 0 Å². The number of hydrogen-bond acceptors (Lipinski definition) is 4. The van der Waals surface area contributed by atoms with Crippen LogP contribution >= 0.6 is 0 Å². The molecule has 32 heavy (non-hydrogen) atoms. The fourth-order valence-electron chi connectivity index (χ4n) is 3.75. The highest BCUT2D eigenvalue weighted by Crippen LogP contribution is 2.39. The number of rotatable bonds is 0. The number of alkyl halides is 6. The molecule has 0 aliphatic carbocycles. The molecule has 0 atom stereocenters. The molecule has 0 saturated heterocycles. The molecule has 160 valence electrons. The summed E-state index contributed by atoms with van der Waals surface area (Å²) in [5.74, 6) is 0. The summed E-state index contributed by atoms with van der Waals surface area (Å²) >= 11 is 0. The SMILES string of the molecule is Cc1cn2c(C(F)(F)F)c3c(=C(C#N)C#N)c(C)cn3c(C(F)(F)F)c2c1=C(C#N)C#N. The lowest BCUT2D eigenvalue weighted by Crippen LogP contribution is -2.25. The molecular formula is C20H8F6N6. The number of nitriles is 4. The molecule has 0 aromatic carbocycles. The fourth-order valence-corrected chi connectivity index (χ4v) is 3.75. The topological polar surface area (TPSA) is 104 Å². The van der Waals surface area contributed by atoms with Crippen LogP contribution in [-0.4, -0.2) is 8.80 Å². The normalized spacial score (nSPS) is 11.6. The van der Waals surface area contributed by atoms with Gasteiger partial charge in [0.25, 0.3) is 0 Å². The van der Waals surface area contributed by atoms with Gasteiger partial charge in [-0.25, -0.2) is 0 Å². The second-order valence-electron chi connectivity index (χ2n) is 6.70. The first-order valence-electron chi connectivity index (χ1n) is 8.52. The Kier molecular flexibility index (Phi) is 4.92. The van der Waals surface area contributed by atoms with Gasteiger partial charge in [0.1, 0.15) is 35.4 Å². The van der Waals surface area contributed by atoms with Crippen LogP contribution < -0.4 is 10.4 Å². The van der Waals surface area contributed by atoms with Gasteiger partial charge in [0, 0.05) is 22.8 Å². The van der Waals surface area contributed by atoms with Crippen molar-refractivity contribution in [3.05, 3.63) is 45.3 Å². The molecule has 0 aliphatic rings. The van der Waals surface area contributed by atoms with Gasteiger partial charge in [0.05, 0.1) is 11.0 Å². The molecule has 0 spiro atoms. The van der Waals surface area contributed by atoms with Gasteiger partial charge in [-0.15, -0.1) is 0 Å². The number of nitrogens with zero attached hydrogens (tertiary/aromatic N) is 6. The van der Waals surface area contributed by atoms with Crippen molar-refractivity contribution in [2.45, 2.75) is 26.2 Å². The standard InChI is InChI=1S/C20H8F6N6/c1-9-7-31-15(13(9)11(3-27)4-28)17(19(21,22)23)32-8-10(2)14(12(5-29)6-30)16(32)18(31)20(24,25)26/h7-8H,1-2H3. The van der Waals surface area contributed by atoms with Gasteiger partial charge in [-0.05, 0) is 25.0 Å². The number of hydrogen-bond donors (Lipinski definition) is 0. The number of aryl methyl sites for hydroxylation is 2. The van der Waals surface area contributed by atoms with E-state index in [2.05, 4.69) is 0 Å². The van der Waals surface area contributed by atoms with E-state index in [0.717, 1.165) is 12.4 Å². The molecule has 3 heterocycles. The summed E-state index contributed by atoms with van der Waals surface area (Å²) < 4.78 is 85.7. The zero-order chi connectivity index (χ0) is 24.2. The minimum absolute atomic E-state index is 0.171. The summed E-state index contributed by atoms with van der Waals surface area (Å²) in [5.41, 5.74) is -7.19. The largest absolute Gasteiger partial charge is 0.433 e. The van der Waals surface area contributed by atoms with Gasteiger partial charge in [-0.3, -0.25) is 0 Å². The third-order valence-electron chi connectivity index (χ3n) is 4.80. The highest BCUT2D eigenvalue weighted by molar-refractivity contribution is 5.83. The molecule has 0 bridgehead atoms. The van der Waals surface area contributed by atoms with E-state index in [9.17, 15) is 47.4 Å². The van der Waals surface area contributed by atoms with Crippen LogP contribution in [0, 0.1) is 59.2 Å². The number of halogens is 6. The van der Waals surface area contributed by atoms with Gasteiger partial charge >= 0.3 is 12.4 Å². The van der Waals surface area contributed by atoms with Gasteiger partial charge < -0.3 is 8.80 Å². The van der Waals surface area contributed by atoms with E-state index in [4.69, 9.17) is 0 Å². The maximum atomic E-state index is 14.2. The van der Waals surface area contributed by atoms with E-state index in [-0.39, 0.29) is 19.9 Å². The van der Waals surface area contributed by atoms with Crippen molar-refractivity contribution in [1.29, 1.82) is 21.0 Å². The number of aromatic nitrogens is 2. The van der Waals surface area contributed by atoms with E-state index in [1.807, 2.05) is 0 Å². The molecule has 3 aromatic rings. The Morgan fingerprint density at radius 1 is 0.656 bits per heavy atom. The van der Waals surface area contributed by atoms with E-state index in [1.165, 1.54) is 38.1 Å². The molecule has 3 aromatic heterocycles. The average Bonchev–Trinajstić information content (AvgIpc) is 3.17. The monoisotopic (exact) mass is 446 g/mol. The molecule has 0 N–H and O–H groups in total. The Bertz CT molecular complexity index is 1450. The first-order chi connectivity index (χ1) is 14.8. The Labute approximate surface area is 175 Å². The predicted molar refractivity (Wildman–Crippen MR) is 96.3 cm³/mol. The molecule has 6 nitrogen and oxygen atoms in total. The maximum absolute atomic E-state index is 14.2. The molecule has 0 radical (unpaired) electrons. The highest BCUT2D eigenvalue weighted by atomic mass is 19.4. The molecule has 3 rings (SSSR count). The minimum Gasteiger partial charge on any atom is -0.308 e. The Morgan fingerprint density at radius 3 is 1.16 bits per heavy atom. The zero-order valence-electron chi connectivity index (χ0n) is 16.1. The molecule has 0 unspecified atom stereocenters. The van der Waals surface area contributed by atoms with E-state index in [1.54, 1.807) is 0 Å². The summed E-state index contributed by atoms with van der Waals surface area (Å²) in [6, 6.07) is 5.68. The highest BCUT2D eigenvalue weighted by Gasteiger charge is 2.44. The summed E-state index contributed by atoms with van der Waals surface area (Å²) in [6.07, 6.45) is -8.99. The quantitative estimate of drug-likeness (QED) is 0.495. The Hall–Kier alpha value is -4.42. The summed E-state index contributed by atoms with van der Waals surface area (Å²) in [7, 11) is 0. The van der Waals surface area contributed by atoms with Crippen LogP contribution in [-0.2, 0) is 12.4 Å². The van der Waals surface area contributed by atoms with Crippen LogP contribution in [0.15, 0.2) is 12.4 Å². The van der Waals surface area contributed by atoms with Gasteiger partial charge in [0.2, 0.25) is 0 Å². The second kappa shape index (κ2) is 7.08. The second-order valence-corrected chi connectivity index (χ2v) is 6.70. The van der Waals surface area contributed by atoms with Crippen molar-refractivity contribution in [3.63, 3.8) is 0 Å².